The highest BCUT2D eigenvalue weighted by Gasteiger charge is 2.03. The van der Waals surface area contributed by atoms with Crippen molar-refractivity contribution in [2.24, 2.45) is 5.11 Å². The van der Waals surface area contributed by atoms with E-state index in [9.17, 15) is 4.79 Å². The van der Waals surface area contributed by atoms with Crippen LogP contribution in [0.25, 0.3) is 10.4 Å². The maximum atomic E-state index is 11.5. The van der Waals surface area contributed by atoms with Crippen LogP contribution in [-0.4, -0.2) is 19.0 Å². The minimum atomic E-state index is -0.0533. The number of benzene rings is 1. The third-order valence-electron chi connectivity index (χ3n) is 2.21. The van der Waals surface area contributed by atoms with Gasteiger partial charge in [-0.15, -0.1) is 0 Å². The number of aryl methyl sites for hydroxylation is 1. The molecule has 84 valence electrons. The number of rotatable bonds is 5. The summed E-state index contributed by atoms with van der Waals surface area (Å²) in [6.45, 7) is 2.65. The van der Waals surface area contributed by atoms with Crippen LogP contribution >= 0.6 is 0 Å². The van der Waals surface area contributed by atoms with E-state index in [1.165, 1.54) is 0 Å². The monoisotopic (exact) mass is 218 g/mol. The topological polar surface area (TPSA) is 77.9 Å². The van der Waals surface area contributed by atoms with E-state index in [0.717, 1.165) is 11.1 Å². The molecule has 0 spiro atoms. The number of carbonyl (C=O) groups is 1. The van der Waals surface area contributed by atoms with Crippen molar-refractivity contribution in [3.8, 4) is 0 Å². The van der Waals surface area contributed by atoms with Crippen molar-refractivity contribution in [3.63, 3.8) is 0 Å². The molecule has 5 nitrogen and oxygen atoms in total. The third kappa shape index (κ3) is 4.02. The van der Waals surface area contributed by atoms with Crippen LogP contribution in [0.5, 0.6) is 0 Å². The highest BCUT2D eigenvalue weighted by molar-refractivity contribution is 5.78. The van der Waals surface area contributed by atoms with E-state index in [0.29, 0.717) is 13.0 Å². The van der Waals surface area contributed by atoms with Gasteiger partial charge in [-0.25, -0.2) is 0 Å². The van der Waals surface area contributed by atoms with Crippen molar-refractivity contribution in [1.29, 1.82) is 0 Å². The molecule has 0 aliphatic carbocycles. The fourth-order valence-electron chi connectivity index (χ4n) is 1.33. The van der Waals surface area contributed by atoms with Gasteiger partial charge in [0.05, 0.1) is 6.42 Å². The summed E-state index contributed by atoms with van der Waals surface area (Å²) in [7, 11) is 0. The summed E-state index contributed by atoms with van der Waals surface area (Å²) in [4.78, 5) is 14.1. The fourth-order valence-corrected chi connectivity index (χ4v) is 1.33. The van der Waals surface area contributed by atoms with E-state index in [1.807, 2.05) is 31.2 Å². The molecule has 0 aliphatic heterocycles. The lowest BCUT2D eigenvalue weighted by molar-refractivity contribution is -0.120. The van der Waals surface area contributed by atoms with Gasteiger partial charge in [-0.3, -0.25) is 4.79 Å². The van der Waals surface area contributed by atoms with Crippen molar-refractivity contribution in [2.45, 2.75) is 13.3 Å². The molecule has 0 fully saturated rings. The van der Waals surface area contributed by atoms with Gasteiger partial charge in [0.1, 0.15) is 0 Å². The fraction of sp³-hybridized carbons (Fsp3) is 0.364. The Morgan fingerprint density at radius 3 is 2.94 bits per heavy atom. The molecule has 16 heavy (non-hydrogen) atoms. The quantitative estimate of drug-likeness (QED) is 0.348. The minimum absolute atomic E-state index is 0.0533. The van der Waals surface area contributed by atoms with Crippen LogP contribution < -0.4 is 5.32 Å². The largest absolute Gasteiger partial charge is 0.356 e. The number of azide groups is 1. The van der Waals surface area contributed by atoms with E-state index in [-0.39, 0.29) is 12.5 Å². The van der Waals surface area contributed by atoms with Gasteiger partial charge < -0.3 is 5.32 Å². The second-order valence-corrected chi connectivity index (χ2v) is 3.41. The normalized spacial score (nSPS) is 9.31. The van der Waals surface area contributed by atoms with E-state index in [1.54, 1.807) is 0 Å². The van der Waals surface area contributed by atoms with Crippen molar-refractivity contribution >= 4 is 5.91 Å². The van der Waals surface area contributed by atoms with Gasteiger partial charge in [0, 0.05) is 18.0 Å². The second-order valence-electron chi connectivity index (χ2n) is 3.41. The maximum Gasteiger partial charge on any atom is 0.224 e. The molecule has 0 saturated heterocycles. The smallest absolute Gasteiger partial charge is 0.224 e. The molecule has 0 unspecified atom stereocenters. The number of amides is 1. The van der Waals surface area contributed by atoms with Gasteiger partial charge in [0.15, 0.2) is 0 Å². The number of nitrogens with zero attached hydrogens (tertiary/aromatic N) is 3. The predicted octanol–water partition coefficient (Wildman–Crippen LogP) is 1.96. The highest BCUT2D eigenvalue weighted by atomic mass is 16.1. The first kappa shape index (κ1) is 12.1. The van der Waals surface area contributed by atoms with Crippen LogP contribution in [0.2, 0.25) is 0 Å². The van der Waals surface area contributed by atoms with Gasteiger partial charge in [0.25, 0.3) is 0 Å². The molecule has 1 aromatic carbocycles. The molecule has 1 N–H and O–H groups in total. The third-order valence-corrected chi connectivity index (χ3v) is 2.21. The lowest BCUT2D eigenvalue weighted by atomic mass is 10.1. The average Bonchev–Trinajstić information content (AvgIpc) is 2.28. The molecule has 0 aliphatic rings. The summed E-state index contributed by atoms with van der Waals surface area (Å²) in [6, 6.07) is 7.76. The zero-order chi connectivity index (χ0) is 11.8. The molecule has 1 aromatic rings. The van der Waals surface area contributed by atoms with E-state index in [2.05, 4.69) is 15.3 Å². The minimum Gasteiger partial charge on any atom is -0.356 e. The number of hydrogen-bond donors (Lipinski definition) is 1. The molecular formula is C11H14N4O. The Balaban J connectivity index is 2.40. The summed E-state index contributed by atoms with van der Waals surface area (Å²) in [5.41, 5.74) is 10.2. The van der Waals surface area contributed by atoms with E-state index < -0.39 is 0 Å². The Hall–Kier alpha value is -2.00. The zero-order valence-corrected chi connectivity index (χ0v) is 9.18. The molecule has 0 heterocycles. The summed E-state index contributed by atoms with van der Waals surface area (Å²) in [5.74, 6) is -0.0533. The SMILES string of the molecule is Cc1ccccc1CC(=O)NCCN=[N+]=[N-]. The molecule has 1 rings (SSSR count). The second kappa shape index (κ2) is 6.48. The van der Waals surface area contributed by atoms with Gasteiger partial charge in [-0.2, -0.15) is 0 Å². The van der Waals surface area contributed by atoms with Crippen LogP contribution in [0.15, 0.2) is 29.4 Å². The Morgan fingerprint density at radius 1 is 1.50 bits per heavy atom. The first-order valence-corrected chi connectivity index (χ1v) is 5.06. The van der Waals surface area contributed by atoms with Crippen LogP contribution in [0.3, 0.4) is 0 Å². The van der Waals surface area contributed by atoms with Gasteiger partial charge in [-0.1, -0.05) is 29.4 Å². The van der Waals surface area contributed by atoms with E-state index in [4.69, 9.17) is 5.53 Å². The first-order valence-electron chi connectivity index (χ1n) is 5.06. The molecule has 0 saturated carbocycles. The van der Waals surface area contributed by atoms with Gasteiger partial charge in [-0.05, 0) is 23.6 Å². The number of hydrogen-bond acceptors (Lipinski definition) is 2. The molecule has 5 heteroatoms. The Bertz CT molecular complexity index is 410. The highest BCUT2D eigenvalue weighted by Crippen LogP contribution is 2.07. The van der Waals surface area contributed by atoms with E-state index >= 15 is 0 Å². The zero-order valence-electron chi connectivity index (χ0n) is 9.18. The molecule has 0 bridgehead atoms. The molecular weight excluding hydrogens is 204 g/mol. The number of carbonyl (C=O) groups excluding carboxylic acids is 1. The van der Waals surface area contributed by atoms with Gasteiger partial charge >= 0.3 is 0 Å². The van der Waals surface area contributed by atoms with Gasteiger partial charge in [0.2, 0.25) is 5.91 Å². The van der Waals surface area contributed by atoms with Crippen molar-refractivity contribution in [2.75, 3.05) is 13.1 Å². The summed E-state index contributed by atoms with van der Waals surface area (Å²) >= 11 is 0. The molecule has 1 amide bonds. The Labute approximate surface area is 94.1 Å². The number of nitrogens with one attached hydrogen (secondary N) is 1. The van der Waals surface area contributed by atoms with Crippen LogP contribution in [0, 0.1) is 6.92 Å². The Kier molecular flexibility index (Phi) is 4.89. The molecule has 0 atom stereocenters. The molecule has 0 radical (unpaired) electrons. The van der Waals surface area contributed by atoms with Crippen LogP contribution in [-0.2, 0) is 11.2 Å². The predicted molar refractivity (Wildman–Crippen MR) is 61.9 cm³/mol. The summed E-state index contributed by atoms with van der Waals surface area (Å²) in [5, 5.41) is 6.02. The van der Waals surface area contributed by atoms with Crippen molar-refractivity contribution in [1.82, 2.24) is 5.32 Å². The Morgan fingerprint density at radius 2 is 2.25 bits per heavy atom. The maximum absolute atomic E-state index is 11.5. The average molecular weight is 218 g/mol. The lowest BCUT2D eigenvalue weighted by Gasteiger charge is -2.05. The first-order chi connectivity index (χ1) is 7.74. The lowest BCUT2D eigenvalue weighted by Crippen LogP contribution is -2.27. The van der Waals surface area contributed by atoms with Crippen molar-refractivity contribution in [3.05, 3.63) is 45.8 Å². The summed E-state index contributed by atoms with van der Waals surface area (Å²) < 4.78 is 0. The van der Waals surface area contributed by atoms with Crippen LogP contribution in [0.4, 0.5) is 0 Å². The van der Waals surface area contributed by atoms with Crippen LogP contribution in [0.1, 0.15) is 11.1 Å². The summed E-state index contributed by atoms with van der Waals surface area (Å²) in [6.07, 6.45) is 0.364. The van der Waals surface area contributed by atoms with Crippen molar-refractivity contribution < 1.29 is 4.79 Å². The molecule has 0 aromatic heterocycles. The standard InChI is InChI=1S/C11H14N4O/c1-9-4-2-3-5-10(9)8-11(16)13-6-7-14-15-12/h2-5H,6-8H2,1H3,(H,13,16).